The highest BCUT2D eigenvalue weighted by Crippen LogP contribution is 2.31. The number of carbonyl (C=O) groups is 1. The van der Waals surface area contributed by atoms with Crippen LogP contribution < -0.4 is 15.4 Å². The Kier molecular flexibility index (Phi) is 5.94. The van der Waals surface area contributed by atoms with E-state index in [2.05, 4.69) is 15.6 Å². The second-order valence-corrected chi connectivity index (χ2v) is 8.78. The fraction of sp³-hybridized carbons (Fsp3) is 0.714. The Hall–Kier alpha value is -1.90. The van der Waals surface area contributed by atoms with Crippen LogP contribution in [0.15, 0.2) is 18.5 Å². The van der Waals surface area contributed by atoms with Crippen molar-refractivity contribution < 1.29 is 24.1 Å². The monoisotopic (exact) mass is 405 g/mol. The van der Waals surface area contributed by atoms with Crippen molar-refractivity contribution in [2.45, 2.75) is 81.9 Å². The molecule has 4 rings (SSSR count). The van der Waals surface area contributed by atoms with Crippen molar-refractivity contribution >= 4 is 6.03 Å². The molecule has 2 amide bonds. The van der Waals surface area contributed by atoms with E-state index in [4.69, 9.17) is 14.2 Å². The fourth-order valence-electron chi connectivity index (χ4n) is 4.32. The van der Waals surface area contributed by atoms with E-state index in [0.29, 0.717) is 24.5 Å². The molecule has 8 nitrogen and oxygen atoms in total. The van der Waals surface area contributed by atoms with E-state index in [0.717, 1.165) is 12.8 Å². The molecule has 160 valence electrons. The number of hydrogen-bond acceptors (Lipinski definition) is 6. The summed E-state index contributed by atoms with van der Waals surface area (Å²) >= 11 is 0. The third kappa shape index (κ3) is 4.82. The number of carbonyl (C=O) groups excluding carboxylic acids is 1. The topological polar surface area (TPSA) is 102 Å². The Labute approximate surface area is 171 Å². The van der Waals surface area contributed by atoms with Crippen LogP contribution in [0.5, 0.6) is 5.75 Å². The smallest absolute Gasteiger partial charge is 0.315 e. The number of fused-ring (bicyclic) bond motifs is 1. The molecule has 29 heavy (non-hydrogen) atoms. The number of aromatic nitrogens is 1. The molecule has 3 fully saturated rings. The number of pyridine rings is 1. The maximum atomic E-state index is 12.4. The predicted octanol–water partition coefficient (Wildman–Crippen LogP) is 1.85. The second-order valence-electron chi connectivity index (χ2n) is 8.78. The number of hydrogen-bond donors (Lipinski definition) is 3. The lowest BCUT2D eigenvalue weighted by Crippen LogP contribution is -2.51. The molecule has 1 aromatic rings. The molecule has 0 unspecified atom stereocenters. The molecule has 1 aliphatic carbocycles. The minimum absolute atomic E-state index is 0.152. The highest BCUT2D eigenvalue weighted by Gasteiger charge is 2.49. The van der Waals surface area contributed by atoms with Gasteiger partial charge in [0.15, 0.2) is 6.10 Å². The summed E-state index contributed by atoms with van der Waals surface area (Å²) in [6.45, 7) is 4.19. The van der Waals surface area contributed by atoms with Crippen LogP contribution in [0.4, 0.5) is 4.79 Å². The Bertz CT molecular complexity index is 717. The molecule has 2 aliphatic heterocycles. The van der Waals surface area contributed by atoms with Crippen molar-refractivity contribution in [3.05, 3.63) is 24.0 Å². The summed E-state index contributed by atoms with van der Waals surface area (Å²) in [5, 5.41) is 16.3. The zero-order chi connectivity index (χ0) is 20.4. The second kappa shape index (κ2) is 8.45. The van der Waals surface area contributed by atoms with Crippen LogP contribution in [0, 0.1) is 0 Å². The van der Waals surface area contributed by atoms with Crippen molar-refractivity contribution in [3.8, 4) is 5.75 Å². The zero-order valence-electron chi connectivity index (χ0n) is 17.1. The summed E-state index contributed by atoms with van der Waals surface area (Å²) in [7, 11) is 0. The van der Waals surface area contributed by atoms with E-state index in [1.54, 1.807) is 32.3 Å². The van der Waals surface area contributed by atoms with Crippen LogP contribution >= 0.6 is 0 Å². The SMILES string of the molecule is CC(C)(O)c1cncc(O[C@H]2CO[C@H]3[C@@H]2OC[C@@H]3NC(=O)NC2CCCCC2)c1. The molecule has 0 spiro atoms. The number of urea groups is 1. The number of aliphatic hydroxyl groups is 1. The molecule has 0 radical (unpaired) electrons. The Balaban J connectivity index is 1.31. The van der Waals surface area contributed by atoms with Gasteiger partial charge in [0.1, 0.15) is 18.0 Å². The number of rotatable bonds is 5. The number of nitrogens with one attached hydrogen (secondary N) is 2. The van der Waals surface area contributed by atoms with E-state index in [9.17, 15) is 9.90 Å². The summed E-state index contributed by atoms with van der Waals surface area (Å²) in [4.78, 5) is 16.5. The van der Waals surface area contributed by atoms with Crippen LogP contribution in [0.2, 0.25) is 0 Å². The van der Waals surface area contributed by atoms with Crippen LogP contribution in [-0.4, -0.2) is 59.7 Å². The van der Waals surface area contributed by atoms with Gasteiger partial charge in [-0.1, -0.05) is 19.3 Å². The van der Waals surface area contributed by atoms with E-state index in [1.165, 1.54) is 19.3 Å². The molecule has 0 aromatic carbocycles. The average molecular weight is 405 g/mol. The molecular formula is C21H31N3O5. The van der Waals surface area contributed by atoms with Gasteiger partial charge >= 0.3 is 6.03 Å². The van der Waals surface area contributed by atoms with Gasteiger partial charge in [-0.15, -0.1) is 0 Å². The van der Waals surface area contributed by atoms with Crippen molar-refractivity contribution in [2.75, 3.05) is 13.2 Å². The maximum Gasteiger partial charge on any atom is 0.315 e. The van der Waals surface area contributed by atoms with Gasteiger partial charge in [0, 0.05) is 17.8 Å². The number of amides is 2. The van der Waals surface area contributed by atoms with E-state index < -0.39 is 5.60 Å². The van der Waals surface area contributed by atoms with Gasteiger partial charge in [0.2, 0.25) is 0 Å². The normalized spacial score (nSPS) is 30.0. The third-order valence-electron chi connectivity index (χ3n) is 5.97. The summed E-state index contributed by atoms with van der Waals surface area (Å²) in [6, 6.07) is 1.69. The van der Waals surface area contributed by atoms with Crippen molar-refractivity contribution in [1.82, 2.24) is 15.6 Å². The molecular weight excluding hydrogens is 374 g/mol. The van der Waals surface area contributed by atoms with Crippen LogP contribution in [-0.2, 0) is 15.1 Å². The Morgan fingerprint density at radius 2 is 1.90 bits per heavy atom. The van der Waals surface area contributed by atoms with Crippen molar-refractivity contribution in [3.63, 3.8) is 0 Å². The first-order chi connectivity index (χ1) is 13.9. The molecule has 8 heteroatoms. The minimum Gasteiger partial charge on any atom is -0.484 e. The van der Waals surface area contributed by atoms with Gasteiger partial charge in [-0.05, 0) is 32.8 Å². The lowest BCUT2D eigenvalue weighted by atomic mass is 9.96. The van der Waals surface area contributed by atoms with Gasteiger partial charge in [0.05, 0.1) is 31.1 Å². The number of nitrogens with zero attached hydrogens (tertiary/aromatic N) is 1. The highest BCUT2D eigenvalue weighted by atomic mass is 16.6. The van der Waals surface area contributed by atoms with Crippen molar-refractivity contribution in [1.29, 1.82) is 0 Å². The van der Waals surface area contributed by atoms with E-state index in [-0.39, 0.29) is 36.4 Å². The predicted molar refractivity (Wildman–Crippen MR) is 106 cm³/mol. The Morgan fingerprint density at radius 3 is 2.66 bits per heavy atom. The minimum atomic E-state index is -0.994. The summed E-state index contributed by atoms with van der Waals surface area (Å²) in [5.41, 5.74) is -0.317. The summed E-state index contributed by atoms with van der Waals surface area (Å²) in [6.07, 6.45) is 8.17. The van der Waals surface area contributed by atoms with E-state index in [1.807, 2.05) is 0 Å². The number of ether oxygens (including phenoxy) is 3. The summed E-state index contributed by atoms with van der Waals surface area (Å²) in [5.74, 6) is 0.564. The van der Waals surface area contributed by atoms with Crippen LogP contribution in [0.25, 0.3) is 0 Å². The first-order valence-corrected chi connectivity index (χ1v) is 10.5. The standard InChI is InChI=1S/C21H31N3O5/c1-21(2,26)13-8-15(10-22-9-13)29-17-12-28-18-16(11-27-19(17)18)24-20(25)23-14-6-4-3-5-7-14/h8-10,14,16-19,26H,3-7,11-12H2,1-2H3,(H2,23,24,25)/t16-,17-,18+,19+/m0/s1. The molecule has 1 saturated carbocycles. The molecule has 3 aliphatic rings. The largest absolute Gasteiger partial charge is 0.484 e. The fourth-order valence-corrected chi connectivity index (χ4v) is 4.32. The molecule has 2 saturated heterocycles. The first kappa shape index (κ1) is 20.4. The molecule has 3 heterocycles. The van der Waals surface area contributed by atoms with Gasteiger partial charge in [0.25, 0.3) is 0 Å². The quantitative estimate of drug-likeness (QED) is 0.691. The van der Waals surface area contributed by atoms with Gasteiger partial charge in [-0.2, -0.15) is 0 Å². The lowest BCUT2D eigenvalue weighted by Gasteiger charge is -2.24. The van der Waals surface area contributed by atoms with Crippen LogP contribution in [0.3, 0.4) is 0 Å². The molecule has 1 aromatic heterocycles. The highest BCUT2D eigenvalue weighted by molar-refractivity contribution is 5.74. The van der Waals surface area contributed by atoms with E-state index >= 15 is 0 Å². The van der Waals surface area contributed by atoms with Gasteiger partial charge < -0.3 is 30.0 Å². The summed E-state index contributed by atoms with van der Waals surface area (Å²) < 4.78 is 17.8. The van der Waals surface area contributed by atoms with Crippen LogP contribution in [0.1, 0.15) is 51.5 Å². The lowest BCUT2D eigenvalue weighted by molar-refractivity contribution is 0.0297. The average Bonchev–Trinajstić information content (AvgIpc) is 3.26. The van der Waals surface area contributed by atoms with Gasteiger partial charge in [-0.25, -0.2) is 4.79 Å². The third-order valence-corrected chi connectivity index (χ3v) is 5.97. The molecule has 0 bridgehead atoms. The Morgan fingerprint density at radius 1 is 1.14 bits per heavy atom. The van der Waals surface area contributed by atoms with Gasteiger partial charge in [-0.3, -0.25) is 4.98 Å². The first-order valence-electron chi connectivity index (χ1n) is 10.5. The molecule has 4 atom stereocenters. The zero-order valence-corrected chi connectivity index (χ0v) is 17.1. The maximum absolute atomic E-state index is 12.4. The molecule has 3 N–H and O–H groups in total. The van der Waals surface area contributed by atoms with Crippen molar-refractivity contribution in [2.24, 2.45) is 0 Å².